The first kappa shape index (κ1) is 25.5. The molecule has 192 valence electrons. The van der Waals surface area contributed by atoms with Crippen LogP contribution in [0.25, 0.3) is 16.7 Å². The van der Waals surface area contributed by atoms with Gasteiger partial charge in [0.2, 0.25) is 5.91 Å². The Morgan fingerprint density at radius 1 is 1.17 bits per heavy atom. The van der Waals surface area contributed by atoms with Crippen molar-refractivity contribution in [3.8, 4) is 5.75 Å². The van der Waals surface area contributed by atoms with Gasteiger partial charge in [0.1, 0.15) is 11.6 Å². The third-order valence-electron chi connectivity index (χ3n) is 6.61. The maximum absolute atomic E-state index is 13.0. The molecule has 1 aromatic carbocycles. The van der Waals surface area contributed by atoms with E-state index in [2.05, 4.69) is 24.9 Å². The molecule has 0 saturated carbocycles. The minimum atomic E-state index is -0.442. The summed E-state index contributed by atoms with van der Waals surface area (Å²) < 4.78 is 3.43. The highest BCUT2D eigenvalue weighted by Gasteiger charge is 2.22. The van der Waals surface area contributed by atoms with Crippen molar-refractivity contribution in [1.29, 1.82) is 0 Å². The van der Waals surface area contributed by atoms with E-state index < -0.39 is 11.2 Å². The number of aromatic amines is 1. The van der Waals surface area contributed by atoms with E-state index >= 15 is 0 Å². The number of fused-ring (bicyclic) bond motifs is 1. The summed E-state index contributed by atoms with van der Waals surface area (Å²) >= 11 is 0. The van der Waals surface area contributed by atoms with Gasteiger partial charge < -0.3 is 14.6 Å². The molecule has 1 aliphatic rings. The largest absolute Gasteiger partial charge is 0.508 e. The number of H-pyrrole nitrogens is 1. The molecular weight excluding hydrogens is 458 g/mol. The van der Waals surface area contributed by atoms with Gasteiger partial charge in [-0.25, -0.2) is 9.78 Å². The first-order chi connectivity index (χ1) is 17.3. The first-order valence-corrected chi connectivity index (χ1v) is 12.8. The van der Waals surface area contributed by atoms with Crippen molar-refractivity contribution in [2.24, 2.45) is 5.92 Å². The molecule has 1 amide bonds. The minimum Gasteiger partial charge on any atom is -0.508 e. The van der Waals surface area contributed by atoms with E-state index in [1.54, 1.807) is 16.7 Å². The number of unbranched alkanes of at least 4 members (excludes halogenated alkanes) is 1. The van der Waals surface area contributed by atoms with Crippen molar-refractivity contribution in [2.75, 3.05) is 13.1 Å². The van der Waals surface area contributed by atoms with Gasteiger partial charge in [0.05, 0.1) is 0 Å². The van der Waals surface area contributed by atoms with Crippen LogP contribution in [0.1, 0.15) is 57.8 Å². The van der Waals surface area contributed by atoms with E-state index in [4.69, 9.17) is 4.98 Å². The van der Waals surface area contributed by atoms with Gasteiger partial charge in [-0.3, -0.25) is 19.1 Å². The fourth-order valence-corrected chi connectivity index (χ4v) is 4.70. The summed E-state index contributed by atoms with van der Waals surface area (Å²) in [4.78, 5) is 47.3. The first-order valence-electron chi connectivity index (χ1n) is 12.8. The number of carbonyl (C=O) groups excluding carboxylic acids is 1. The zero-order chi connectivity index (χ0) is 25.8. The van der Waals surface area contributed by atoms with Gasteiger partial charge >= 0.3 is 5.69 Å². The standard InChI is InChI=1S/C27H35N5O4/c1-4-5-14-31-25-24(26(35)29-27(31)36)32(17-18(2)3)22(28-25)10-11-23(34)30-15-12-20(13-16-30)19-6-8-21(33)9-7-19/h6-9,12,18,33H,4-5,10-11,13-17H2,1-3H3,(H,29,35,36). The van der Waals surface area contributed by atoms with E-state index in [9.17, 15) is 19.5 Å². The van der Waals surface area contributed by atoms with Crippen LogP contribution < -0.4 is 11.2 Å². The Kier molecular flexibility index (Phi) is 7.76. The number of phenolic OH excluding ortho intramolecular Hbond substituents is 1. The molecular formula is C27H35N5O4. The third-order valence-corrected chi connectivity index (χ3v) is 6.61. The quantitative estimate of drug-likeness (QED) is 0.475. The van der Waals surface area contributed by atoms with E-state index in [1.807, 2.05) is 28.5 Å². The molecule has 0 atom stereocenters. The molecule has 0 radical (unpaired) electrons. The molecule has 0 fully saturated rings. The van der Waals surface area contributed by atoms with Crippen molar-refractivity contribution in [1.82, 2.24) is 24.0 Å². The van der Waals surface area contributed by atoms with Gasteiger partial charge in [-0.15, -0.1) is 0 Å². The lowest BCUT2D eigenvalue weighted by Crippen LogP contribution is -2.35. The van der Waals surface area contributed by atoms with Crippen LogP contribution in [0.15, 0.2) is 39.9 Å². The molecule has 0 bridgehead atoms. The smallest absolute Gasteiger partial charge is 0.330 e. The number of aryl methyl sites for hydroxylation is 2. The van der Waals surface area contributed by atoms with Gasteiger partial charge in [-0.1, -0.05) is 45.4 Å². The van der Waals surface area contributed by atoms with Crippen molar-refractivity contribution in [2.45, 2.75) is 66.0 Å². The van der Waals surface area contributed by atoms with Gasteiger partial charge in [-0.2, -0.15) is 0 Å². The Labute approximate surface area is 210 Å². The van der Waals surface area contributed by atoms with Crippen LogP contribution in [0.3, 0.4) is 0 Å². The molecule has 2 aromatic heterocycles. The van der Waals surface area contributed by atoms with Gasteiger partial charge in [-0.05, 0) is 42.0 Å². The number of benzene rings is 1. The highest BCUT2D eigenvalue weighted by Crippen LogP contribution is 2.24. The summed E-state index contributed by atoms with van der Waals surface area (Å²) in [6.45, 7) is 8.41. The summed E-state index contributed by atoms with van der Waals surface area (Å²) in [5, 5.41) is 9.50. The predicted octanol–water partition coefficient (Wildman–Crippen LogP) is 3.30. The number of aromatic hydroxyl groups is 1. The highest BCUT2D eigenvalue weighted by molar-refractivity contribution is 5.79. The SMILES string of the molecule is CCCCn1c(=O)[nH]c(=O)c2c1nc(CCC(=O)N1CC=C(c3ccc(O)cc3)CC1)n2CC(C)C. The predicted molar refractivity (Wildman–Crippen MR) is 140 cm³/mol. The van der Waals surface area contributed by atoms with Crippen LogP contribution in [0.5, 0.6) is 5.75 Å². The summed E-state index contributed by atoms with van der Waals surface area (Å²) in [6.07, 6.45) is 5.21. The Hall–Kier alpha value is -3.62. The fraction of sp³-hybridized carbons (Fsp3) is 0.481. The maximum Gasteiger partial charge on any atom is 0.330 e. The van der Waals surface area contributed by atoms with Crippen molar-refractivity contribution in [3.05, 3.63) is 62.6 Å². The average molecular weight is 494 g/mol. The van der Waals surface area contributed by atoms with Crippen molar-refractivity contribution < 1.29 is 9.90 Å². The second-order valence-electron chi connectivity index (χ2n) is 9.84. The number of nitrogens with zero attached hydrogens (tertiary/aromatic N) is 4. The van der Waals surface area contributed by atoms with Crippen LogP contribution in [-0.4, -0.2) is 48.1 Å². The van der Waals surface area contributed by atoms with E-state index in [0.717, 1.165) is 24.8 Å². The summed E-state index contributed by atoms with van der Waals surface area (Å²) in [6, 6.07) is 7.12. The zero-order valence-corrected chi connectivity index (χ0v) is 21.3. The van der Waals surface area contributed by atoms with Crippen molar-refractivity contribution >= 4 is 22.6 Å². The number of rotatable bonds is 9. The topological polar surface area (TPSA) is 113 Å². The fourth-order valence-electron chi connectivity index (χ4n) is 4.70. The summed E-state index contributed by atoms with van der Waals surface area (Å²) in [5.41, 5.74) is 2.16. The molecule has 9 nitrogen and oxygen atoms in total. The molecule has 0 aliphatic carbocycles. The lowest BCUT2D eigenvalue weighted by molar-refractivity contribution is -0.130. The van der Waals surface area contributed by atoms with E-state index in [0.29, 0.717) is 49.6 Å². The highest BCUT2D eigenvalue weighted by atomic mass is 16.3. The normalized spacial score (nSPS) is 14.0. The van der Waals surface area contributed by atoms with Crippen LogP contribution in [-0.2, 0) is 24.3 Å². The van der Waals surface area contributed by atoms with Gasteiger partial charge in [0.15, 0.2) is 11.2 Å². The van der Waals surface area contributed by atoms with Crippen molar-refractivity contribution in [3.63, 3.8) is 0 Å². The maximum atomic E-state index is 13.0. The summed E-state index contributed by atoms with van der Waals surface area (Å²) in [7, 11) is 0. The monoisotopic (exact) mass is 493 g/mol. The number of carbonyl (C=O) groups is 1. The second-order valence-corrected chi connectivity index (χ2v) is 9.84. The number of amides is 1. The Bertz CT molecular complexity index is 1380. The lowest BCUT2D eigenvalue weighted by Gasteiger charge is -2.27. The summed E-state index contributed by atoms with van der Waals surface area (Å²) in [5.74, 6) is 1.19. The molecule has 2 N–H and O–H groups in total. The Morgan fingerprint density at radius 3 is 2.56 bits per heavy atom. The molecule has 0 spiro atoms. The zero-order valence-electron chi connectivity index (χ0n) is 21.3. The second kappa shape index (κ2) is 11.0. The Morgan fingerprint density at radius 2 is 1.92 bits per heavy atom. The lowest BCUT2D eigenvalue weighted by atomic mass is 9.99. The number of aromatic nitrogens is 4. The number of imidazole rings is 1. The number of phenols is 1. The van der Waals surface area contributed by atoms with Crippen LogP contribution in [0, 0.1) is 5.92 Å². The number of nitrogens with one attached hydrogen (secondary N) is 1. The molecule has 36 heavy (non-hydrogen) atoms. The molecule has 0 unspecified atom stereocenters. The third kappa shape index (κ3) is 5.45. The minimum absolute atomic E-state index is 0.0384. The molecule has 3 aromatic rings. The van der Waals surface area contributed by atoms with Gasteiger partial charge in [0.25, 0.3) is 5.56 Å². The van der Waals surface area contributed by atoms with Crippen LogP contribution in [0.2, 0.25) is 0 Å². The van der Waals surface area contributed by atoms with E-state index in [1.165, 1.54) is 5.57 Å². The molecule has 9 heteroatoms. The van der Waals surface area contributed by atoms with E-state index in [-0.39, 0.29) is 24.0 Å². The van der Waals surface area contributed by atoms with Crippen LogP contribution >= 0.6 is 0 Å². The average Bonchev–Trinajstić information content (AvgIpc) is 3.20. The van der Waals surface area contributed by atoms with Gasteiger partial charge in [0, 0.05) is 39.0 Å². The number of hydrogen-bond donors (Lipinski definition) is 2. The molecule has 3 heterocycles. The molecule has 1 aliphatic heterocycles. The number of hydrogen-bond acceptors (Lipinski definition) is 5. The van der Waals surface area contributed by atoms with Crippen LogP contribution in [0.4, 0.5) is 0 Å². The molecule has 4 rings (SSSR count). The Balaban J connectivity index is 1.54. The molecule has 0 saturated heterocycles.